The first-order valence-corrected chi connectivity index (χ1v) is 8.16. The number of hydrogen-bond acceptors (Lipinski definition) is 6. The number of carbonyl (C=O) groups is 4. The van der Waals surface area contributed by atoms with E-state index in [9.17, 15) is 19.2 Å². The first kappa shape index (κ1) is 19.7. The smallest absolute Gasteiger partial charge is 0.326 e. The third-order valence-electron chi connectivity index (χ3n) is 3.30. The van der Waals surface area contributed by atoms with Crippen molar-refractivity contribution in [2.24, 2.45) is 0 Å². The lowest BCUT2D eigenvalue weighted by atomic mass is 10.1. The number of rotatable bonds is 7. The van der Waals surface area contributed by atoms with Crippen LogP contribution in [0.1, 0.15) is 29.1 Å². The monoisotopic (exact) mass is 373 g/mol. The van der Waals surface area contributed by atoms with Crippen LogP contribution in [0.15, 0.2) is 53.1 Å². The Bertz CT molecular complexity index is 789. The van der Waals surface area contributed by atoms with Crippen molar-refractivity contribution in [2.75, 3.05) is 13.1 Å². The van der Waals surface area contributed by atoms with Crippen molar-refractivity contribution in [1.82, 2.24) is 16.0 Å². The van der Waals surface area contributed by atoms with Crippen LogP contribution in [0.3, 0.4) is 0 Å². The van der Waals surface area contributed by atoms with Crippen molar-refractivity contribution >= 4 is 23.8 Å². The van der Waals surface area contributed by atoms with Crippen LogP contribution in [0.2, 0.25) is 0 Å². The van der Waals surface area contributed by atoms with Gasteiger partial charge < -0.3 is 19.8 Å². The zero-order valence-corrected chi connectivity index (χ0v) is 14.6. The van der Waals surface area contributed by atoms with E-state index in [0.717, 1.165) is 0 Å². The van der Waals surface area contributed by atoms with E-state index in [1.54, 1.807) is 37.3 Å². The normalized spacial score (nSPS) is 11.1. The van der Waals surface area contributed by atoms with Gasteiger partial charge in [-0.15, -0.1) is 0 Å². The number of furan rings is 1. The highest BCUT2D eigenvalue weighted by Crippen LogP contribution is 2.17. The zero-order valence-electron chi connectivity index (χ0n) is 14.6. The fraction of sp³-hybridized carbons (Fsp3) is 0.222. The quantitative estimate of drug-likeness (QED) is 0.625. The van der Waals surface area contributed by atoms with Crippen LogP contribution < -0.4 is 16.0 Å². The molecule has 4 amide bonds. The van der Waals surface area contributed by atoms with Crippen molar-refractivity contribution in [1.29, 1.82) is 0 Å². The molecule has 1 atom stereocenters. The van der Waals surface area contributed by atoms with Gasteiger partial charge in [0.2, 0.25) is 6.10 Å². The van der Waals surface area contributed by atoms with Crippen molar-refractivity contribution in [3.8, 4) is 0 Å². The molecule has 2 rings (SSSR count). The first-order valence-electron chi connectivity index (χ1n) is 8.16. The number of esters is 1. The summed E-state index contributed by atoms with van der Waals surface area (Å²) in [5.74, 6) is -2.22. The van der Waals surface area contributed by atoms with Gasteiger partial charge in [0.15, 0.2) is 5.76 Å². The molecule has 0 aliphatic carbocycles. The number of imide groups is 1. The van der Waals surface area contributed by atoms with Crippen LogP contribution >= 0.6 is 0 Å². The standard InChI is InChI=1S/C18H19N3O6/c1-2-19-18(25)21-17(24)15(12-7-4-3-5-8-12)27-14(22)11-20-16(23)13-9-6-10-26-13/h3-10,15H,2,11H2,1H3,(H,20,23)(H2,19,21,24,25)/t15-/m1/s1. The SMILES string of the molecule is CCNC(=O)NC(=O)[C@H](OC(=O)CNC(=O)c1ccco1)c1ccccc1. The fourth-order valence-electron chi connectivity index (χ4n) is 2.10. The van der Waals surface area contributed by atoms with Crippen LogP contribution in [0.5, 0.6) is 0 Å². The van der Waals surface area contributed by atoms with Crippen molar-refractivity contribution in [3.63, 3.8) is 0 Å². The van der Waals surface area contributed by atoms with Gasteiger partial charge in [-0.1, -0.05) is 30.3 Å². The van der Waals surface area contributed by atoms with Gasteiger partial charge in [-0.3, -0.25) is 19.7 Å². The molecule has 0 aliphatic heterocycles. The molecule has 2 aromatic rings. The molecule has 1 aromatic heterocycles. The van der Waals surface area contributed by atoms with E-state index in [-0.39, 0.29) is 5.76 Å². The molecule has 0 bridgehead atoms. The van der Waals surface area contributed by atoms with E-state index in [2.05, 4.69) is 16.0 Å². The van der Waals surface area contributed by atoms with Gasteiger partial charge in [0.1, 0.15) is 6.54 Å². The van der Waals surface area contributed by atoms with Crippen molar-refractivity contribution < 1.29 is 28.3 Å². The Morgan fingerprint density at radius 2 is 1.78 bits per heavy atom. The largest absolute Gasteiger partial charge is 0.459 e. The van der Waals surface area contributed by atoms with Gasteiger partial charge in [0, 0.05) is 12.1 Å². The summed E-state index contributed by atoms with van der Waals surface area (Å²) >= 11 is 0. The Morgan fingerprint density at radius 3 is 2.41 bits per heavy atom. The molecule has 9 heteroatoms. The fourth-order valence-corrected chi connectivity index (χ4v) is 2.10. The molecule has 1 heterocycles. The number of carbonyl (C=O) groups excluding carboxylic acids is 4. The summed E-state index contributed by atoms with van der Waals surface area (Å²) in [5.41, 5.74) is 0.380. The minimum absolute atomic E-state index is 0.0383. The van der Waals surface area contributed by atoms with Crippen LogP contribution in [-0.2, 0) is 14.3 Å². The van der Waals surface area contributed by atoms with Crippen LogP contribution in [-0.4, -0.2) is 36.9 Å². The zero-order chi connectivity index (χ0) is 19.6. The molecule has 0 aliphatic rings. The van der Waals surface area contributed by atoms with Crippen molar-refractivity contribution in [2.45, 2.75) is 13.0 Å². The molecule has 27 heavy (non-hydrogen) atoms. The Balaban J connectivity index is 2.00. The predicted octanol–water partition coefficient (Wildman–Crippen LogP) is 1.14. The molecule has 0 spiro atoms. The summed E-state index contributed by atoms with van der Waals surface area (Å²) in [4.78, 5) is 47.7. The maximum Gasteiger partial charge on any atom is 0.326 e. The number of nitrogens with one attached hydrogen (secondary N) is 3. The molecule has 0 saturated carbocycles. The third kappa shape index (κ3) is 5.99. The van der Waals surface area contributed by atoms with Crippen LogP contribution in [0, 0.1) is 0 Å². The van der Waals surface area contributed by atoms with E-state index < -0.39 is 36.5 Å². The highest BCUT2D eigenvalue weighted by molar-refractivity contribution is 5.98. The Labute approximate surface area is 155 Å². The second-order valence-corrected chi connectivity index (χ2v) is 5.29. The van der Waals surface area contributed by atoms with Crippen LogP contribution in [0.4, 0.5) is 4.79 Å². The van der Waals surface area contributed by atoms with Gasteiger partial charge in [0.25, 0.3) is 11.8 Å². The lowest BCUT2D eigenvalue weighted by molar-refractivity contribution is -0.155. The summed E-state index contributed by atoms with van der Waals surface area (Å²) in [6.07, 6.45) is -0.0218. The molecule has 142 valence electrons. The summed E-state index contributed by atoms with van der Waals surface area (Å²) in [5, 5.41) is 6.84. The molecule has 0 radical (unpaired) electrons. The summed E-state index contributed by atoms with van der Waals surface area (Å²) < 4.78 is 10.1. The van der Waals surface area contributed by atoms with Crippen LogP contribution in [0.25, 0.3) is 0 Å². The average Bonchev–Trinajstić information content (AvgIpc) is 3.19. The highest BCUT2D eigenvalue weighted by atomic mass is 16.5. The second kappa shape index (κ2) is 9.76. The number of ether oxygens (including phenoxy) is 1. The van der Waals surface area contributed by atoms with E-state index in [1.807, 2.05) is 0 Å². The summed E-state index contributed by atoms with van der Waals surface area (Å²) in [6, 6.07) is 10.5. The number of benzene rings is 1. The minimum Gasteiger partial charge on any atom is -0.459 e. The Hall–Kier alpha value is -3.62. The molecule has 0 unspecified atom stereocenters. The molecule has 0 saturated heterocycles. The predicted molar refractivity (Wildman–Crippen MR) is 93.5 cm³/mol. The van der Waals surface area contributed by atoms with Gasteiger partial charge in [-0.2, -0.15) is 0 Å². The highest BCUT2D eigenvalue weighted by Gasteiger charge is 2.26. The maximum absolute atomic E-state index is 12.3. The summed E-state index contributed by atoms with van der Waals surface area (Å²) in [7, 11) is 0. The van der Waals surface area contributed by atoms with E-state index >= 15 is 0 Å². The van der Waals surface area contributed by atoms with Gasteiger partial charge in [-0.25, -0.2) is 4.79 Å². The van der Waals surface area contributed by atoms with Gasteiger partial charge in [0.05, 0.1) is 6.26 Å². The summed E-state index contributed by atoms with van der Waals surface area (Å²) in [6.45, 7) is 1.55. The van der Waals surface area contributed by atoms with Gasteiger partial charge in [-0.05, 0) is 19.1 Å². The molecule has 9 nitrogen and oxygen atoms in total. The number of hydrogen-bond donors (Lipinski definition) is 3. The lowest BCUT2D eigenvalue weighted by Crippen LogP contribution is -2.43. The van der Waals surface area contributed by atoms with Crippen molar-refractivity contribution in [3.05, 3.63) is 60.1 Å². The maximum atomic E-state index is 12.3. The molecular formula is C18H19N3O6. The second-order valence-electron chi connectivity index (χ2n) is 5.29. The van der Waals surface area contributed by atoms with Gasteiger partial charge >= 0.3 is 12.0 Å². The Kier molecular flexibility index (Phi) is 7.12. The van der Waals surface area contributed by atoms with E-state index in [1.165, 1.54) is 18.4 Å². The van der Waals surface area contributed by atoms with E-state index in [0.29, 0.717) is 12.1 Å². The first-order chi connectivity index (χ1) is 13.0. The Morgan fingerprint density at radius 1 is 1.04 bits per heavy atom. The number of amides is 4. The molecule has 0 fully saturated rings. The topological polar surface area (TPSA) is 127 Å². The average molecular weight is 373 g/mol. The molecular weight excluding hydrogens is 354 g/mol. The molecule has 1 aromatic carbocycles. The lowest BCUT2D eigenvalue weighted by Gasteiger charge is -2.17. The molecule has 3 N–H and O–H groups in total. The minimum atomic E-state index is -1.35. The van der Waals surface area contributed by atoms with E-state index in [4.69, 9.17) is 9.15 Å². The third-order valence-corrected chi connectivity index (χ3v) is 3.30. The number of urea groups is 1.